The molecule has 0 fully saturated rings. The first-order chi connectivity index (χ1) is 12.4. The number of aromatic nitrogens is 2. The van der Waals surface area contributed by atoms with Crippen LogP contribution in [-0.4, -0.2) is 47.0 Å². The van der Waals surface area contributed by atoms with E-state index in [1.54, 1.807) is 45.2 Å². The van der Waals surface area contributed by atoms with Gasteiger partial charge in [-0.2, -0.15) is 0 Å². The van der Waals surface area contributed by atoms with Gasteiger partial charge in [0, 0.05) is 13.2 Å². The minimum absolute atomic E-state index is 0.0384. The summed E-state index contributed by atoms with van der Waals surface area (Å²) < 4.78 is 6.54. The van der Waals surface area contributed by atoms with E-state index in [0.29, 0.717) is 29.2 Å². The van der Waals surface area contributed by atoms with E-state index in [1.165, 1.54) is 4.57 Å². The van der Waals surface area contributed by atoms with Crippen LogP contribution >= 0.6 is 11.8 Å². The van der Waals surface area contributed by atoms with Gasteiger partial charge in [0.25, 0.3) is 5.56 Å². The second kappa shape index (κ2) is 9.35. The Morgan fingerprint density at radius 1 is 1.31 bits per heavy atom. The van der Waals surface area contributed by atoms with Crippen molar-refractivity contribution >= 4 is 34.6 Å². The van der Waals surface area contributed by atoms with Gasteiger partial charge in [-0.1, -0.05) is 23.9 Å². The number of benzene rings is 1. The Balaban J connectivity index is 2.18. The van der Waals surface area contributed by atoms with Gasteiger partial charge in [0.15, 0.2) is 5.16 Å². The molecule has 2 rings (SSSR count). The summed E-state index contributed by atoms with van der Waals surface area (Å²) in [6, 6.07) is 6.42. The van der Waals surface area contributed by atoms with Crippen molar-refractivity contribution in [3.8, 4) is 0 Å². The predicted molar refractivity (Wildman–Crippen MR) is 100 cm³/mol. The van der Waals surface area contributed by atoms with E-state index in [0.717, 1.165) is 11.8 Å². The standard InChI is InChI=1S/C17H22N4O4S/c1-11(2)18-16(24)20-14(22)10-26-17-19-13-7-5-4-6-12(13)15(23)21(17)8-9-25-3/h4-7,11H,8-10H2,1-3H3,(H2,18,20,22,24). The average Bonchev–Trinajstić information content (AvgIpc) is 2.58. The smallest absolute Gasteiger partial charge is 0.321 e. The number of fused-ring (bicyclic) bond motifs is 1. The number of nitrogens with zero attached hydrogens (tertiary/aromatic N) is 2. The molecule has 0 bridgehead atoms. The number of carbonyl (C=O) groups excluding carboxylic acids is 2. The molecule has 3 amide bonds. The van der Waals surface area contributed by atoms with Crippen LogP contribution in [0, 0.1) is 0 Å². The summed E-state index contributed by atoms with van der Waals surface area (Å²) in [5, 5.41) is 5.74. The molecule has 0 saturated heterocycles. The molecule has 0 atom stereocenters. The molecule has 0 saturated carbocycles. The number of urea groups is 1. The fraction of sp³-hybridized carbons (Fsp3) is 0.412. The van der Waals surface area contributed by atoms with Gasteiger partial charge < -0.3 is 10.1 Å². The molecule has 0 aliphatic rings. The number of para-hydroxylation sites is 1. The third-order valence-corrected chi connectivity index (χ3v) is 4.33. The molecule has 0 unspecified atom stereocenters. The molecular formula is C17H22N4O4S. The summed E-state index contributed by atoms with van der Waals surface area (Å²) in [6.45, 7) is 4.26. The lowest BCUT2D eigenvalue weighted by Crippen LogP contribution is -2.43. The number of methoxy groups -OCH3 is 1. The van der Waals surface area contributed by atoms with Crippen molar-refractivity contribution in [2.45, 2.75) is 31.6 Å². The van der Waals surface area contributed by atoms with E-state index in [2.05, 4.69) is 15.6 Å². The SMILES string of the molecule is COCCn1c(SCC(=O)NC(=O)NC(C)C)nc2ccccc2c1=O. The first-order valence-corrected chi connectivity index (χ1v) is 9.12. The van der Waals surface area contributed by atoms with Gasteiger partial charge in [0.1, 0.15) is 0 Å². The fourth-order valence-corrected chi connectivity index (χ4v) is 3.05. The number of carbonyl (C=O) groups is 2. The molecule has 2 N–H and O–H groups in total. The van der Waals surface area contributed by atoms with Crippen LogP contribution in [0.15, 0.2) is 34.2 Å². The molecule has 0 spiro atoms. The third kappa shape index (κ3) is 5.30. The van der Waals surface area contributed by atoms with Gasteiger partial charge in [-0.15, -0.1) is 0 Å². The van der Waals surface area contributed by atoms with Crippen molar-refractivity contribution in [2.75, 3.05) is 19.5 Å². The Kier molecular flexibility index (Phi) is 7.16. The summed E-state index contributed by atoms with van der Waals surface area (Å²) in [5.74, 6) is -0.502. The van der Waals surface area contributed by atoms with Crippen LogP contribution in [0.2, 0.25) is 0 Å². The summed E-state index contributed by atoms with van der Waals surface area (Å²) in [6.07, 6.45) is 0. The summed E-state index contributed by atoms with van der Waals surface area (Å²) in [4.78, 5) is 40.7. The highest BCUT2D eigenvalue weighted by Crippen LogP contribution is 2.17. The number of amides is 3. The van der Waals surface area contributed by atoms with E-state index >= 15 is 0 Å². The van der Waals surface area contributed by atoms with Crippen LogP contribution in [0.4, 0.5) is 4.79 Å². The van der Waals surface area contributed by atoms with Gasteiger partial charge in [-0.05, 0) is 26.0 Å². The molecule has 0 radical (unpaired) electrons. The maximum absolute atomic E-state index is 12.7. The van der Waals surface area contributed by atoms with Crippen LogP contribution < -0.4 is 16.2 Å². The zero-order valence-corrected chi connectivity index (χ0v) is 15.8. The molecule has 1 heterocycles. The predicted octanol–water partition coefficient (Wildman–Crippen LogP) is 1.37. The molecular weight excluding hydrogens is 356 g/mol. The van der Waals surface area contributed by atoms with Crippen LogP contribution in [0.25, 0.3) is 10.9 Å². The Morgan fingerprint density at radius 3 is 2.73 bits per heavy atom. The number of hydrogen-bond acceptors (Lipinski definition) is 6. The maximum Gasteiger partial charge on any atom is 0.321 e. The van der Waals surface area contributed by atoms with Crippen LogP contribution in [0.3, 0.4) is 0 Å². The van der Waals surface area contributed by atoms with E-state index < -0.39 is 11.9 Å². The minimum atomic E-state index is -0.547. The normalized spacial score (nSPS) is 10.9. The minimum Gasteiger partial charge on any atom is -0.383 e. The Labute approximate surface area is 155 Å². The number of rotatable bonds is 7. The number of thioether (sulfide) groups is 1. The van der Waals surface area contributed by atoms with Gasteiger partial charge >= 0.3 is 6.03 Å². The van der Waals surface area contributed by atoms with Crippen molar-refractivity contribution in [2.24, 2.45) is 0 Å². The van der Waals surface area contributed by atoms with Crippen molar-refractivity contribution < 1.29 is 14.3 Å². The maximum atomic E-state index is 12.7. The number of nitrogens with one attached hydrogen (secondary N) is 2. The second-order valence-corrected chi connectivity index (χ2v) is 6.77. The number of imide groups is 1. The molecule has 140 valence electrons. The molecule has 1 aromatic carbocycles. The van der Waals surface area contributed by atoms with Crippen LogP contribution in [0.1, 0.15) is 13.8 Å². The molecule has 8 nitrogen and oxygen atoms in total. The lowest BCUT2D eigenvalue weighted by atomic mass is 10.2. The van der Waals surface area contributed by atoms with Crippen molar-refractivity contribution in [1.29, 1.82) is 0 Å². The number of ether oxygens (including phenoxy) is 1. The third-order valence-electron chi connectivity index (χ3n) is 3.35. The lowest BCUT2D eigenvalue weighted by Gasteiger charge is -2.13. The van der Waals surface area contributed by atoms with Crippen molar-refractivity contribution in [3.63, 3.8) is 0 Å². The van der Waals surface area contributed by atoms with E-state index in [-0.39, 0.29) is 17.4 Å². The molecule has 0 aliphatic carbocycles. The lowest BCUT2D eigenvalue weighted by molar-refractivity contribution is -0.117. The summed E-state index contributed by atoms with van der Waals surface area (Å²) >= 11 is 1.10. The van der Waals surface area contributed by atoms with Gasteiger partial charge in [-0.3, -0.25) is 19.5 Å². The second-order valence-electron chi connectivity index (χ2n) is 5.83. The topological polar surface area (TPSA) is 102 Å². The Bertz CT molecular complexity index is 850. The summed E-state index contributed by atoms with van der Waals surface area (Å²) in [7, 11) is 1.55. The molecule has 26 heavy (non-hydrogen) atoms. The largest absolute Gasteiger partial charge is 0.383 e. The first-order valence-electron chi connectivity index (χ1n) is 8.14. The molecule has 1 aromatic heterocycles. The Hall–Kier alpha value is -2.39. The average molecular weight is 378 g/mol. The van der Waals surface area contributed by atoms with Gasteiger partial charge in [0.2, 0.25) is 5.91 Å². The first kappa shape index (κ1) is 19.9. The van der Waals surface area contributed by atoms with Gasteiger partial charge in [-0.25, -0.2) is 9.78 Å². The molecule has 9 heteroatoms. The highest BCUT2D eigenvalue weighted by atomic mass is 32.2. The van der Waals surface area contributed by atoms with Crippen molar-refractivity contribution in [3.05, 3.63) is 34.6 Å². The number of hydrogen-bond donors (Lipinski definition) is 2. The van der Waals surface area contributed by atoms with Crippen LogP contribution in [0.5, 0.6) is 0 Å². The highest BCUT2D eigenvalue weighted by Gasteiger charge is 2.14. The quantitative estimate of drug-likeness (QED) is 0.557. The van der Waals surface area contributed by atoms with Crippen molar-refractivity contribution in [1.82, 2.24) is 20.2 Å². The highest BCUT2D eigenvalue weighted by molar-refractivity contribution is 7.99. The zero-order valence-electron chi connectivity index (χ0n) is 14.9. The molecule has 2 aromatic rings. The van der Waals surface area contributed by atoms with E-state index in [4.69, 9.17) is 4.74 Å². The van der Waals surface area contributed by atoms with E-state index in [9.17, 15) is 14.4 Å². The molecule has 0 aliphatic heterocycles. The van der Waals surface area contributed by atoms with E-state index in [1.807, 2.05) is 0 Å². The Morgan fingerprint density at radius 2 is 2.04 bits per heavy atom. The van der Waals surface area contributed by atoms with Crippen LogP contribution in [-0.2, 0) is 16.1 Å². The monoisotopic (exact) mass is 378 g/mol. The zero-order chi connectivity index (χ0) is 19.1. The summed E-state index contributed by atoms with van der Waals surface area (Å²) in [5.41, 5.74) is 0.375. The van der Waals surface area contributed by atoms with Gasteiger partial charge in [0.05, 0.1) is 29.8 Å². The fourth-order valence-electron chi connectivity index (χ4n) is 2.23.